The number of cyclic esters (lactones) is 1. The fourth-order valence-corrected chi connectivity index (χ4v) is 1.87. The van der Waals surface area contributed by atoms with Crippen LogP contribution in [0.3, 0.4) is 0 Å². The van der Waals surface area contributed by atoms with Crippen LogP contribution in [0.5, 0.6) is 0 Å². The number of alkyl halides is 1. The molecule has 1 aliphatic heterocycles. The minimum absolute atomic E-state index is 0.106. The van der Waals surface area contributed by atoms with Gasteiger partial charge in [-0.05, 0) is 18.2 Å². The van der Waals surface area contributed by atoms with Crippen LogP contribution in [0.15, 0.2) is 18.2 Å². The molecule has 1 heterocycles. The molecule has 0 saturated carbocycles. The molecule has 79 valence electrons. The minimum Gasteiger partial charge on any atom is -0.443 e. The van der Waals surface area contributed by atoms with Gasteiger partial charge in [0.2, 0.25) is 0 Å². The number of halogens is 2. The summed E-state index contributed by atoms with van der Waals surface area (Å²) in [6, 6.07) is 6.76. The van der Waals surface area contributed by atoms with Crippen LogP contribution < -0.4 is 4.90 Å². The number of anilines is 1. The number of hydrogen-bond acceptors (Lipinski definition) is 2. The molecule has 3 nitrogen and oxygen atoms in total. The Morgan fingerprint density at radius 3 is 3.13 bits per heavy atom. The molecule has 15 heavy (non-hydrogen) atoms. The van der Waals surface area contributed by atoms with Gasteiger partial charge in [-0.15, -0.1) is 0 Å². The second-order valence-corrected chi connectivity index (χ2v) is 4.05. The van der Waals surface area contributed by atoms with E-state index < -0.39 is 11.9 Å². The van der Waals surface area contributed by atoms with Crippen molar-refractivity contribution in [2.45, 2.75) is 6.10 Å². The van der Waals surface area contributed by atoms with Crippen molar-refractivity contribution in [1.82, 2.24) is 0 Å². The topological polar surface area (TPSA) is 29.5 Å². The van der Waals surface area contributed by atoms with Crippen LogP contribution in [0.4, 0.5) is 14.9 Å². The average Bonchev–Trinajstić information content (AvgIpc) is 2.60. The monoisotopic (exact) mass is 320 g/mol. The van der Waals surface area contributed by atoms with Gasteiger partial charge in [0.25, 0.3) is 0 Å². The van der Waals surface area contributed by atoms with E-state index in [0.717, 1.165) is 4.43 Å². The first-order valence-corrected chi connectivity index (χ1v) is 5.94. The average molecular weight is 320 g/mol. The molecule has 1 unspecified atom stereocenters. The molecule has 1 aromatic carbocycles. The first kappa shape index (κ1) is 10.7. The van der Waals surface area contributed by atoms with Gasteiger partial charge in [0.05, 0.1) is 12.2 Å². The maximum atomic E-state index is 12.9. The Hall–Kier alpha value is -0.850. The second kappa shape index (κ2) is 4.34. The zero-order valence-corrected chi connectivity index (χ0v) is 9.90. The van der Waals surface area contributed by atoms with Gasteiger partial charge in [-0.3, -0.25) is 4.90 Å². The van der Waals surface area contributed by atoms with Crippen LogP contribution >= 0.6 is 22.6 Å². The fraction of sp³-hybridized carbons (Fsp3) is 0.300. The number of hydrogen-bond donors (Lipinski definition) is 0. The van der Waals surface area contributed by atoms with Gasteiger partial charge in [-0.1, -0.05) is 22.6 Å². The molecule has 1 fully saturated rings. The highest BCUT2D eigenvalue weighted by molar-refractivity contribution is 14.1. The molecule has 5 heteroatoms. The highest BCUT2D eigenvalue weighted by Crippen LogP contribution is 2.22. The molecule has 0 spiro atoms. The predicted molar refractivity (Wildman–Crippen MR) is 61.7 cm³/mol. The van der Waals surface area contributed by atoms with Crippen LogP contribution in [0, 0.1) is 11.9 Å². The Morgan fingerprint density at radius 1 is 1.73 bits per heavy atom. The molecular formula is C10H8FINO2. The fourth-order valence-electron chi connectivity index (χ4n) is 1.41. The van der Waals surface area contributed by atoms with Crippen molar-refractivity contribution in [1.29, 1.82) is 0 Å². The van der Waals surface area contributed by atoms with Crippen molar-refractivity contribution in [2.24, 2.45) is 0 Å². The van der Waals surface area contributed by atoms with Gasteiger partial charge in [0, 0.05) is 10.5 Å². The summed E-state index contributed by atoms with van der Waals surface area (Å²) in [4.78, 5) is 12.9. The van der Waals surface area contributed by atoms with Crippen molar-refractivity contribution in [3.63, 3.8) is 0 Å². The summed E-state index contributed by atoms with van der Waals surface area (Å²) in [6.07, 6.45) is -0.521. The van der Waals surface area contributed by atoms with Crippen molar-refractivity contribution in [3.8, 4) is 0 Å². The first-order valence-electron chi connectivity index (χ1n) is 4.42. The second-order valence-electron chi connectivity index (χ2n) is 3.17. The third-order valence-electron chi connectivity index (χ3n) is 2.11. The van der Waals surface area contributed by atoms with Gasteiger partial charge >= 0.3 is 6.09 Å². The molecule has 1 saturated heterocycles. The Bertz CT molecular complexity index is 385. The first-order chi connectivity index (χ1) is 7.20. The van der Waals surface area contributed by atoms with E-state index in [1.807, 2.05) is 0 Å². The molecule has 0 aromatic heterocycles. The van der Waals surface area contributed by atoms with Crippen LogP contribution in [-0.2, 0) is 4.74 Å². The minimum atomic E-state index is -0.474. The lowest BCUT2D eigenvalue weighted by molar-refractivity contribution is 0.153. The summed E-state index contributed by atoms with van der Waals surface area (Å²) in [7, 11) is 0. The van der Waals surface area contributed by atoms with E-state index in [4.69, 9.17) is 4.74 Å². The molecule has 1 amide bonds. The maximum Gasteiger partial charge on any atom is 0.414 e. The molecule has 2 rings (SSSR count). The summed E-state index contributed by atoms with van der Waals surface area (Å²) < 4.78 is 18.7. The van der Waals surface area contributed by atoms with Crippen LogP contribution in [0.2, 0.25) is 0 Å². The molecule has 0 N–H and O–H groups in total. The van der Waals surface area contributed by atoms with Crippen molar-refractivity contribution < 1.29 is 13.9 Å². The number of carbonyl (C=O) groups is 1. The number of carbonyl (C=O) groups excluding carboxylic acids is 1. The van der Waals surface area contributed by atoms with Gasteiger partial charge < -0.3 is 4.74 Å². The summed E-state index contributed by atoms with van der Waals surface area (Å²) in [6.45, 7) is 0.477. The number of benzene rings is 1. The third-order valence-corrected chi connectivity index (χ3v) is 3.09. The molecule has 1 atom stereocenters. The van der Waals surface area contributed by atoms with Gasteiger partial charge in [0.1, 0.15) is 11.9 Å². The SMILES string of the molecule is O=C1OC(CI)CN1c1cc[c]c(F)c1. The highest BCUT2D eigenvalue weighted by Gasteiger charge is 2.31. The molecule has 0 bridgehead atoms. The lowest BCUT2D eigenvalue weighted by Crippen LogP contribution is -2.24. The Balaban J connectivity index is 2.21. The largest absolute Gasteiger partial charge is 0.443 e. The summed E-state index contributed by atoms with van der Waals surface area (Å²) in [5.41, 5.74) is 0.517. The van der Waals surface area contributed by atoms with Crippen LogP contribution in [0.1, 0.15) is 0 Å². The zero-order valence-electron chi connectivity index (χ0n) is 7.74. The Kier molecular flexibility index (Phi) is 3.08. The lowest BCUT2D eigenvalue weighted by atomic mass is 10.3. The van der Waals surface area contributed by atoms with Gasteiger partial charge in [0.15, 0.2) is 0 Å². The molecule has 0 aliphatic carbocycles. The van der Waals surface area contributed by atoms with Crippen LogP contribution in [-0.4, -0.2) is 23.2 Å². The van der Waals surface area contributed by atoms with Crippen molar-refractivity contribution >= 4 is 34.4 Å². The smallest absolute Gasteiger partial charge is 0.414 e. The number of rotatable bonds is 2. The summed E-state index contributed by atoms with van der Waals surface area (Å²) >= 11 is 2.15. The van der Waals surface area contributed by atoms with Crippen LogP contribution in [0.25, 0.3) is 0 Å². The molecular weight excluding hydrogens is 312 g/mol. The van der Waals surface area contributed by atoms with Gasteiger partial charge in [-0.2, -0.15) is 0 Å². The van der Waals surface area contributed by atoms with E-state index in [2.05, 4.69) is 28.7 Å². The normalized spacial score (nSPS) is 20.5. The third kappa shape index (κ3) is 2.22. The predicted octanol–water partition coefficient (Wildman–Crippen LogP) is 2.39. The Labute approximate surface area is 100 Å². The Morgan fingerprint density at radius 2 is 2.53 bits per heavy atom. The summed E-state index contributed by atoms with van der Waals surface area (Å²) in [5, 5.41) is 0. The summed E-state index contributed by atoms with van der Waals surface area (Å²) in [5.74, 6) is -0.474. The van der Waals surface area contributed by atoms with E-state index in [1.54, 1.807) is 6.07 Å². The zero-order chi connectivity index (χ0) is 10.8. The number of nitrogens with zero attached hydrogens (tertiary/aromatic N) is 1. The molecule has 1 aliphatic rings. The highest BCUT2D eigenvalue weighted by atomic mass is 127. The standard InChI is InChI=1S/C10H8FINO2/c11-7-2-1-3-8(4-7)13-6-9(5-12)15-10(13)14/h1,3-4,9H,5-6H2. The number of amides is 1. The quantitative estimate of drug-likeness (QED) is 0.619. The van der Waals surface area contributed by atoms with E-state index in [-0.39, 0.29) is 6.10 Å². The van der Waals surface area contributed by atoms with Crippen molar-refractivity contribution in [3.05, 3.63) is 30.1 Å². The maximum absolute atomic E-state index is 12.9. The molecule has 1 aromatic rings. The van der Waals surface area contributed by atoms with E-state index in [1.165, 1.54) is 17.0 Å². The lowest BCUT2D eigenvalue weighted by Gasteiger charge is -2.12. The number of ether oxygens (including phenoxy) is 1. The van der Waals surface area contributed by atoms with E-state index in [0.29, 0.717) is 12.2 Å². The van der Waals surface area contributed by atoms with E-state index >= 15 is 0 Å². The molecule has 1 radical (unpaired) electrons. The van der Waals surface area contributed by atoms with Crippen molar-refractivity contribution in [2.75, 3.05) is 15.9 Å². The van der Waals surface area contributed by atoms with E-state index in [9.17, 15) is 9.18 Å². The van der Waals surface area contributed by atoms with Gasteiger partial charge in [-0.25, -0.2) is 9.18 Å².